The van der Waals surface area contributed by atoms with Crippen LogP contribution in [0.4, 0.5) is 0 Å². The maximum absolute atomic E-state index is 12.4. The highest BCUT2D eigenvalue weighted by Crippen LogP contribution is 2.30. The minimum absolute atomic E-state index is 0.0370. The Kier molecular flexibility index (Phi) is 5.33. The Hall–Kier alpha value is -1.88. The van der Waals surface area contributed by atoms with Gasteiger partial charge in [0.25, 0.3) is 0 Å². The number of ether oxygens (including phenoxy) is 1. The molecule has 1 aromatic rings. The molecule has 2 atom stereocenters. The molecule has 0 unspecified atom stereocenters. The second-order valence-corrected chi connectivity index (χ2v) is 5.17. The first-order valence-corrected chi connectivity index (χ1v) is 7.31. The van der Waals surface area contributed by atoms with E-state index in [1.807, 2.05) is 30.3 Å². The monoisotopic (exact) mass is 291 g/mol. The second kappa shape index (κ2) is 7.22. The lowest BCUT2D eigenvalue weighted by Crippen LogP contribution is -2.46. The van der Waals surface area contributed by atoms with Gasteiger partial charge in [0.2, 0.25) is 5.91 Å². The lowest BCUT2D eigenvalue weighted by molar-refractivity contribution is -0.154. The number of piperidine rings is 1. The van der Waals surface area contributed by atoms with Crippen molar-refractivity contribution in [2.75, 3.05) is 19.7 Å². The molecule has 5 heteroatoms. The topological polar surface area (TPSA) is 66.8 Å². The maximum atomic E-state index is 12.4. The van der Waals surface area contributed by atoms with Crippen LogP contribution in [0.2, 0.25) is 0 Å². The lowest BCUT2D eigenvalue weighted by atomic mass is 9.88. The molecule has 1 heterocycles. The smallest absolute Gasteiger partial charge is 0.325 e. The number of hydrogen-bond acceptors (Lipinski definition) is 4. The zero-order valence-electron chi connectivity index (χ0n) is 12.2. The van der Waals surface area contributed by atoms with Gasteiger partial charge in [0.1, 0.15) is 6.54 Å². The number of nitrogens with zero attached hydrogens (tertiary/aromatic N) is 1. The molecule has 21 heavy (non-hydrogen) atoms. The van der Waals surface area contributed by atoms with E-state index < -0.39 is 18.0 Å². The number of aliphatic hydroxyl groups is 1. The molecular formula is C16H21NO4. The van der Waals surface area contributed by atoms with E-state index in [1.54, 1.807) is 6.92 Å². The van der Waals surface area contributed by atoms with Gasteiger partial charge in [-0.2, -0.15) is 0 Å². The van der Waals surface area contributed by atoms with E-state index in [2.05, 4.69) is 0 Å². The molecule has 0 aromatic heterocycles. The third kappa shape index (κ3) is 3.82. The number of rotatable bonds is 5. The molecule has 1 fully saturated rings. The number of carbonyl (C=O) groups is 2. The average molecular weight is 291 g/mol. The average Bonchev–Trinajstić information content (AvgIpc) is 2.50. The highest BCUT2D eigenvalue weighted by atomic mass is 16.5. The largest absolute Gasteiger partial charge is 0.465 e. The maximum Gasteiger partial charge on any atom is 0.325 e. The van der Waals surface area contributed by atoms with E-state index in [0.717, 1.165) is 12.0 Å². The molecule has 1 amide bonds. The number of likely N-dealkylation sites (tertiary alicyclic amines) is 1. The fourth-order valence-electron chi connectivity index (χ4n) is 2.67. The molecule has 1 aliphatic heterocycles. The number of carbonyl (C=O) groups excluding carboxylic acids is 2. The van der Waals surface area contributed by atoms with Gasteiger partial charge >= 0.3 is 5.97 Å². The quantitative estimate of drug-likeness (QED) is 0.835. The Balaban J connectivity index is 2.04. The Labute approximate surface area is 124 Å². The predicted octanol–water partition coefficient (Wildman–Crippen LogP) is 1.52. The Morgan fingerprint density at radius 3 is 2.81 bits per heavy atom. The van der Waals surface area contributed by atoms with E-state index in [0.29, 0.717) is 19.6 Å². The van der Waals surface area contributed by atoms with E-state index >= 15 is 0 Å². The standard InChI is InChI=1S/C16H21NO4/c1-2-21-14(18)11-17-10-6-9-13(16(17)20)15(19)12-7-4-3-5-8-12/h3-5,7-8,13,15,19H,2,6,9-11H2,1H3/t13-,15+/m0/s1. The van der Waals surface area contributed by atoms with E-state index in [-0.39, 0.29) is 12.5 Å². The first kappa shape index (κ1) is 15.5. The van der Waals surface area contributed by atoms with Crippen LogP contribution in [0.3, 0.4) is 0 Å². The molecule has 1 aliphatic rings. The van der Waals surface area contributed by atoms with Crippen LogP contribution >= 0.6 is 0 Å². The van der Waals surface area contributed by atoms with Crippen LogP contribution in [0.5, 0.6) is 0 Å². The van der Waals surface area contributed by atoms with Gasteiger partial charge in [-0.3, -0.25) is 9.59 Å². The highest BCUT2D eigenvalue weighted by molar-refractivity contribution is 5.84. The summed E-state index contributed by atoms with van der Waals surface area (Å²) in [6.45, 7) is 2.54. The summed E-state index contributed by atoms with van der Waals surface area (Å²) in [6.07, 6.45) is 0.581. The van der Waals surface area contributed by atoms with Gasteiger partial charge in [-0.1, -0.05) is 30.3 Å². The van der Waals surface area contributed by atoms with Crippen molar-refractivity contribution in [1.82, 2.24) is 4.90 Å². The molecule has 2 rings (SSSR count). The third-order valence-corrected chi connectivity index (χ3v) is 3.72. The van der Waals surface area contributed by atoms with Crippen molar-refractivity contribution in [3.8, 4) is 0 Å². The normalized spacial score (nSPS) is 20.2. The minimum Gasteiger partial charge on any atom is -0.465 e. The number of esters is 1. The Morgan fingerprint density at radius 1 is 1.43 bits per heavy atom. The third-order valence-electron chi connectivity index (χ3n) is 3.72. The van der Waals surface area contributed by atoms with Crippen LogP contribution < -0.4 is 0 Å². The molecule has 114 valence electrons. The van der Waals surface area contributed by atoms with E-state index in [1.165, 1.54) is 4.90 Å². The van der Waals surface area contributed by atoms with Gasteiger partial charge in [-0.25, -0.2) is 0 Å². The summed E-state index contributed by atoms with van der Waals surface area (Å²) in [6, 6.07) is 9.15. The Bertz CT molecular complexity index is 488. The number of benzene rings is 1. The summed E-state index contributed by atoms with van der Waals surface area (Å²) in [7, 11) is 0. The summed E-state index contributed by atoms with van der Waals surface area (Å²) in [5, 5.41) is 10.4. The summed E-state index contributed by atoms with van der Waals surface area (Å²) >= 11 is 0. The van der Waals surface area contributed by atoms with E-state index in [9.17, 15) is 14.7 Å². The number of amides is 1. The first-order chi connectivity index (χ1) is 10.1. The van der Waals surface area contributed by atoms with Crippen LogP contribution in [-0.4, -0.2) is 41.6 Å². The Morgan fingerprint density at radius 2 is 2.14 bits per heavy atom. The zero-order valence-corrected chi connectivity index (χ0v) is 12.2. The van der Waals surface area contributed by atoms with Crippen molar-refractivity contribution < 1.29 is 19.4 Å². The van der Waals surface area contributed by atoms with Gasteiger partial charge in [0, 0.05) is 6.54 Å². The van der Waals surface area contributed by atoms with Gasteiger partial charge in [0.15, 0.2) is 0 Å². The molecule has 1 saturated heterocycles. The molecule has 5 nitrogen and oxygen atoms in total. The van der Waals surface area contributed by atoms with Crippen LogP contribution in [0, 0.1) is 5.92 Å². The molecule has 0 spiro atoms. The van der Waals surface area contributed by atoms with Gasteiger partial charge in [-0.15, -0.1) is 0 Å². The van der Waals surface area contributed by atoms with Gasteiger partial charge < -0.3 is 14.7 Å². The van der Waals surface area contributed by atoms with Crippen molar-refractivity contribution >= 4 is 11.9 Å². The molecule has 0 radical (unpaired) electrons. The molecule has 0 aliphatic carbocycles. The molecular weight excluding hydrogens is 270 g/mol. The second-order valence-electron chi connectivity index (χ2n) is 5.17. The van der Waals surface area contributed by atoms with Crippen molar-refractivity contribution in [3.63, 3.8) is 0 Å². The fraction of sp³-hybridized carbons (Fsp3) is 0.500. The summed E-state index contributed by atoms with van der Waals surface area (Å²) in [4.78, 5) is 25.4. The molecule has 1 aromatic carbocycles. The number of hydrogen-bond donors (Lipinski definition) is 1. The number of aliphatic hydroxyl groups excluding tert-OH is 1. The zero-order chi connectivity index (χ0) is 15.2. The van der Waals surface area contributed by atoms with Crippen molar-refractivity contribution in [2.24, 2.45) is 5.92 Å². The van der Waals surface area contributed by atoms with Crippen LogP contribution in [0.15, 0.2) is 30.3 Å². The van der Waals surface area contributed by atoms with Gasteiger partial charge in [-0.05, 0) is 25.3 Å². The van der Waals surface area contributed by atoms with Crippen molar-refractivity contribution in [3.05, 3.63) is 35.9 Å². The summed E-state index contributed by atoms with van der Waals surface area (Å²) in [5.41, 5.74) is 0.730. The predicted molar refractivity (Wildman–Crippen MR) is 77.3 cm³/mol. The summed E-state index contributed by atoms with van der Waals surface area (Å²) in [5.74, 6) is -1.07. The van der Waals surface area contributed by atoms with Crippen molar-refractivity contribution in [2.45, 2.75) is 25.9 Å². The first-order valence-electron chi connectivity index (χ1n) is 7.31. The van der Waals surface area contributed by atoms with Crippen LogP contribution in [0.1, 0.15) is 31.4 Å². The molecule has 0 saturated carbocycles. The van der Waals surface area contributed by atoms with Crippen molar-refractivity contribution in [1.29, 1.82) is 0 Å². The van der Waals surface area contributed by atoms with E-state index in [4.69, 9.17) is 4.74 Å². The molecule has 0 bridgehead atoms. The summed E-state index contributed by atoms with van der Waals surface area (Å²) < 4.78 is 4.88. The molecule has 1 N–H and O–H groups in total. The fourth-order valence-corrected chi connectivity index (χ4v) is 2.67. The minimum atomic E-state index is -0.830. The SMILES string of the molecule is CCOC(=O)CN1CCC[C@@H]([C@H](O)c2ccccc2)C1=O. The van der Waals surface area contributed by atoms with Gasteiger partial charge in [0.05, 0.1) is 18.6 Å². The highest BCUT2D eigenvalue weighted by Gasteiger charge is 2.35. The lowest BCUT2D eigenvalue weighted by Gasteiger charge is -2.34. The van der Waals surface area contributed by atoms with Crippen LogP contribution in [0.25, 0.3) is 0 Å². The van der Waals surface area contributed by atoms with Crippen LogP contribution in [-0.2, 0) is 14.3 Å².